The number of hydrogen-bond acceptors (Lipinski definition) is 10. The summed E-state index contributed by atoms with van der Waals surface area (Å²) >= 11 is 1.21. The SMILES string of the molecule is O=C(O)C1=C(CSc2nnnn2CC(=O)N2CCOCC2)C2OCN[C@@H]3C(=O)N1[C@H]23. The van der Waals surface area contributed by atoms with Gasteiger partial charge in [0.25, 0.3) is 0 Å². The number of morpholine rings is 1. The second kappa shape index (κ2) is 7.61. The molecule has 0 saturated carbocycles. The van der Waals surface area contributed by atoms with Crippen LogP contribution < -0.4 is 5.32 Å². The number of nitrogens with one attached hydrogen (secondary N) is 1. The van der Waals surface area contributed by atoms with Crippen molar-refractivity contribution in [3.8, 4) is 0 Å². The number of rotatable bonds is 6. The van der Waals surface area contributed by atoms with E-state index in [0.717, 1.165) is 0 Å². The van der Waals surface area contributed by atoms with Gasteiger partial charge in [-0.2, -0.15) is 0 Å². The van der Waals surface area contributed by atoms with Crippen LogP contribution in [0, 0.1) is 0 Å². The lowest BCUT2D eigenvalue weighted by Gasteiger charge is -2.48. The Morgan fingerprint density at radius 3 is 2.87 bits per heavy atom. The fourth-order valence-corrected chi connectivity index (χ4v) is 5.11. The minimum absolute atomic E-state index is 0.0146. The number of carbonyl (C=O) groups is 3. The van der Waals surface area contributed by atoms with Crippen LogP contribution in [0.4, 0.5) is 0 Å². The summed E-state index contributed by atoms with van der Waals surface area (Å²) in [6.07, 6.45) is -0.480. The normalized spacial score (nSPS) is 27.9. The van der Waals surface area contributed by atoms with Gasteiger partial charge in [0.15, 0.2) is 0 Å². The number of thioether (sulfide) groups is 1. The molecule has 5 rings (SSSR count). The van der Waals surface area contributed by atoms with E-state index in [2.05, 4.69) is 20.8 Å². The molecule has 3 saturated heterocycles. The summed E-state index contributed by atoms with van der Waals surface area (Å²) in [5.41, 5.74) is 0.481. The van der Waals surface area contributed by atoms with E-state index >= 15 is 0 Å². The Morgan fingerprint density at radius 2 is 2.10 bits per heavy atom. The highest BCUT2D eigenvalue weighted by Gasteiger charge is 2.62. The predicted octanol–water partition coefficient (Wildman–Crippen LogP) is -2.50. The maximum Gasteiger partial charge on any atom is 0.352 e. The number of tetrazole rings is 1. The van der Waals surface area contributed by atoms with Crippen LogP contribution in [0.3, 0.4) is 0 Å². The first-order chi connectivity index (χ1) is 14.6. The van der Waals surface area contributed by atoms with Crippen molar-refractivity contribution >= 4 is 29.5 Å². The number of carboxylic acid groups (broad SMARTS) is 1. The van der Waals surface area contributed by atoms with E-state index in [-0.39, 0.29) is 42.6 Å². The Morgan fingerprint density at radius 1 is 1.30 bits per heavy atom. The number of aromatic nitrogens is 4. The van der Waals surface area contributed by atoms with Gasteiger partial charge >= 0.3 is 5.97 Å². The average molecular weight is 437 g/mol. The quantitative estimate of drug-likeness (QED) is 0.359. The molecule has 13 nitrogen and oxygen atoms in total. The van der Waals surface area contributed by atoms with Crippen molar-refractivity contribution in [2.75, 3.05) is 38.8 Å². The van der Waals surface area contributed by atoms with Gasteiger partial charge in [-0.15, -0.1) is 5.10 Å². The molecule has 0 aromatic carbocycles. The van der Waals surface area contributed by atoms with E-state index in [1.165, 1.54) is 21.3 Å². The number of carboxylic acids is 1. The topological polar surface area (TPSA) is 152 Å². The fraction of sp³-hybridized carbons (Fsp3) is 0.625. The minimum Gasteiger partial charge on any atom is -0.477 e. The lowest BCUT2D eigenvalue weighted by atomic mass is 9.91. The summed E-state index contributed by atoms with van der Waals surface area (Å²) in [5, 5.41) is 24.5. The number of amides is 2. The molecule has 3 fully saturated rings. The van der Waals surface area contributed by atoms with Gasteiger partial charge < -0.3 is 19.5 Å². The first-order valence-corrected chi connectivity index (χ1v) is 10.4. The molecule has 0 radical (unpaired) electrons. The molecule has 14 heteroatoms. The maximum absolute atomic E-state index is 12.5. The molecule has 0 bridgehead atoms. The van der Waals surface area contributed by atoms with Crippen LogP contribution >= 0.6 is 11.8 Å². The van der Waals surface area contributed by atoms with Crippen molar-refractivity contribution < 1.29 is 29.0 Å². The van der Waals surface area contributed by atoms with Crippen molar-refractivity contribution in [3.05, 3.63) is 11.3 Å². The number of carbonyl (C=O) groups excluding carboxylic acids is 2. The Balaban J connectivity index is 1.31. The van der Waals surface area contributed by atoms with Gasteiger partial charge in [-0.1, -0.05) is 11.8 Å². The van der Waals surface area contributed by atoms with Gasteiger partial charge in [-0.05, 0) is 10.4 Å². The van der Waals surface area contributed by atoms with E-state index in [4.69, 9.17) is 9.47 Å². The van der Waals surface area contributed by atoms with Crippen molar-refractivity contribution in [3.63, 3.8) is 0 Å². The van der Waals surface area contributed by atoms with Crippen molar-refractivity contribution in [2.45, 2.75) is 29.9 Å². The molecule has 1 unspecified atom stereocenters. The highest BCUT2D eigenvalue weighted by molar-refractivity contribution is 7.99. The highest BCUT2D eigenvalue weighted by atomic mass is 32.2. The van der Waals surface area contributed by atoms with Crippen LogP contribution in [0.2, 0.25) is 0 Å². The van der Waals surface area contributed by atoms with Crippen molar-refractivity contribution in [1.82, 2.24) is 35.3 Å². The van der Waals surface area contributed by atoms with Gasteiger partial charge in [-0.25, -0.2) is 9.48 Å². The third-order valence-corrected chi connectivity index (χ3v) is 6.62. The molecule has 1 aromatic rings. The first kappa shape index (κ1) is 19.4. The maximum atomic E-state index is 12.5. The Kier molecular flexibility index (Phi) is 4.92. The van der Waals surface area contributed by atoms with Crippen LogP contribution in [-0.4, -0.2) is 110 Å². The molecule has 2 N–H and O–H groups in total. The molecule has 30 heavy (non-hydrogen) atoms. The molecule has 0 spiro atoms. The van der Waals surface area contributed by atoms with Crippen molar-refractivity contribution in [2.24, 2.45) is 0 Å². The Labute approximate surface area is 174 Å². The van der Waals surface area contributed by atoms with Crippen LogP contribution in [0.1, 0.15) is 0 Å². The van der Waals surface area contributed by atoms with E-state index in [0.29, 0.717) is 37.0 Å². The first-order valence-electron chi connectivity index (χ1n) is 9.45. The van der Waals surface area contributed by atoms with Crippen LogP contribution in [-0.2, 0) is 30.4 Å². The molecule has 3 atom stereocenters. The van der Waals surface area contributed by atoms with E-state index < -0.39 is 18.1 Å². The third kappa shape index (κ3) is 3.07. The second-order valence-corrected chi connectivity index (χ2v) is 8.13. The molecule has 4 aliphatic rings. The zero-order valence-corrected chi connectivity index (χ0v) is 16.6. The lowest BCUT2D eigenvalue weighted by molar-refractivity contribution is -0.163. The molecular formula is C16H19N7O6S. The van der Waals surface area contributed by atoms with E-state index in [1.807, 2.05) is 0 Å². The largest absolute Gasteiger partial charge is 0.477 e. The fourth-order valence-electron chi connectivity index (χ4n) is 4.18. The minimum atomic E-state index is -1.17. The Hall–Kier alpha value is -2.55. The summed E-state index contributed by atoms with van der Waals surface area (Å²) in [4.78, 5) is 39.6. The zero-order chi connectivity index (χ0) is 20.8. The predicted molar refractivity (Wildman–Crippen MR) is 97.9 cm³/mol. The number of β-lactam (4-membered cyclic amide) rings is 1. The van der Waals surface area contributed by atoms with Gasteiger partial charge in [0, 0.05) is 24.4 Å². The summed E-state index contributed by atoms with van der Waals surface area (Å²) in [5.74, 6) is -1.31. The van der Waals surface area contributed by atoms with Gasteiger partial charge in [0.05, 0.1) is 26.0 Å². The van der Waals surface area contributed by atoms with Crippen LogP contribution in [0.5, 0.6) is 0 Å². The molecule has 4 aliphatic heterocycles. The van der Waals surface area contributed by atoms with E-state index in [1.54, 1.807) is 4.90 Å². The lowest BCUT2D eigenvalue weighted by Crippen LogP contribution is -2.73. The Bertz CT molecular complexity index is 929. The van der Waals surface area contributed by atoms with Crippen LogP contribution in [0.15, 0.2) is 16.4 Å². The highest BCUT2D eigenvalue weighted by Crippen LogP contribution is 2.43. The van der Waals surface area contributed by atoms with Gasteiger partial charge in [0.2, 0.25) is 17.0 Å². The van der Waals surface area contributed by atoms with Crippen molar-refractivity contribution in [1.29, 1.82) is 0 Å². The monoisotopic (exact) mass is 437 g/mol. The molecule has 5 heterocycles. The standard InChI is InChI=1S/C16H19N7O6S/c24-9(21-1-3-28-4-2-21)5-22-16(18-19-20-22)30-6-8-11(15(26)27)23-12-10(14(23)25)17-7-29-13(8)12/h10,12-13,17H,1-7H2,(H,26,27)/t10-,12-,13?/m0/s1. The molecular weight excluding hydrogens is 418 g/mol. The smallest absolute Gasteiger partial charge is 0.352 e. The summed E-state index contributed by atoms with van der Waals surface area (Å²) in [6.45, 7) is 2.22. The molecule has 1 aromatic heterocycles. The van der Waals surface area contributed by atoms with E-state index in [9.17, 15) is 19.5 Å². The molecule has 160 valence electrons. The number of hydrogen-bond donors (Lipinski definition) is 2. The van der Waals surface area contributed by atoms with Gasteiger partial charge in [0.1, 0.15) is 24.4 Å². The second-order valence-electron chi connectivity index (χ2n) is 7.19. The summed E-state index contributed by atoms with van der Waals surface area (Å²) in [6, 6.07) is -0.760. The number of nitrogens with zero attached hydrogens (tertiary/aromatic N) is 6. The molecule has 2 amide bonds. The number of ether oxygens (including phenoxy) is 2. The summed E-state index contributed by atoms with van der Waals surface area (Å²) in [7, 11) is 0. The summed E-state index contributed by atoms with van der Waals surface area (Å²) < 4.78 is 12.4. The number of aliphatic carboxylic acids is 1. The van der Waals surface area contributed by atoms with Gasteiger partial charge in [-0.3, -0.25) is 19.8 Å². The third-order valence-electron chi connectivity index (χ3n) is 5.62. The molecule has 0 aliphatic carbocycles. The van der Waals surface area contributed by atoms with Crippen LogP contribution in [0.25, 0.3) is 0 Å². The average Bonchev–Trinajstić information content (AvgIpc) is 3.33. The zero-order valence-electron chi connectivity index (χ0n) is 15.8.